The van der Waals surface area contributed by atoms with Gasteiger partial charge in [-0.3, -0.25) is 0 Å². The molecule has 0 saturated carbocycles. The Balaban J connectivity index is 2.29. The van der Waals surface area contributed by atoms with Crippen LogP contribution in [0.25, 0.3) is 0 Å². The Morgan fingerprint density at radius 1 is 1.17 bits per heavy atom. The normalized spacial score (nSPS) is 10.4. The summed E-state index contributed by atoms with van der Waals surface area (Å²) in [7, 11) is 0. The second-order valence-corrected chi connectivity index (χ2v) is 5.20. The zero-order chi connectivity index (χ0) is 13.1. The highest BCUT2D eigenvalue weighted by atomic mass is 79.9. The summed E-state index contributed by atoms with van der Waals surface area (Å²) < 4.78 is 1.02. The molecule has 1 aromatic heterocycles. The summed E-state index contributed by atoms with van der Waals surface area (Å²) in [4.78, 5) is 4.35. The second kappa shape index (κ2) is 5.53. The van der Waals surface area contributed by atoms with Crippen molar-refractivity contribution < 1.29 is 0 Å². The van der Waals surface area contributed by atoms with Gasteiger partial charge >= 0.3 is 0 Å². The van der Waals surface area contributed by atoms with Crippen LogP contribution < -0.4 is 5.32 Å². The lowest BCUT2D eigenvalue weighted by molar-refractivity contribution is 1.11. The number of pyridine rings is 1. The number of halogens is 1. The van der Waals surface area contributed by atoms with Crippen LogP contribution in [0.1, 0.15) is 23.6 Å². The average molecular weight is 305 g/mol. The Bertz CT molecular complexity index is 564. The SMILES string of the molecule is CCc1ccc(Nc2nccc(C)c2Br)cc1C. The highest BCUT2D eigenvalue weighted by molar-refractivity contribution is 9.10. The summed E-state index contributed by atoms with van der Waals surface area (Å²) in [6.07, 6.45) is 2.88. The molecule has 0 radical (unpaired) electrons. The van der Waals surface area contributed by atoms with Crippen LogP contribution in [0.4, 0.5) is 11.5 Å². The summed E-state index contributed by atoms with van der Waals surface area (Å²) in [6, 6.07) is 8.42. The third-order valence-electron chi connectivity index (χ3n) is 3.07. The Labute approximate surface area is 117 Å². The first kappa shape index (κ1) is 13.1. The van der Waals surface area contributed by atoms with E-state index >= 15 is 0 Å². The van der Waals surface area contributed by atoms with Crippen molar-refractivity contribution in [2.24, 2.45) is 0 Å². The highest BCUT2D eigenvalue weighted by Gasteiger charge is 2.05. The van der Waals surface area contributed by atoms with Crippen LogP contribution >= 0.6 is 15.9 Å². The molecule has 0 saturated heterocycles. The molecule has 2 rings (SSSR count). The van der Waals surface area contributed by atoms with Gasteiger partial charge in [-0.15, -0.1) is 0 Å². The van der Waals surface area contributed by atoms with Crippen molar-refractivity contribution in [2.45, 2.75) is 27.2 Å². The predicted octanol–water partition coefficient (Wildman–Crippen LogP) is 4.77. The van der Waals surface area contributed by atoms with Crippen molar-refractivity contribution >= 4 is 27.4 Å². The van der Waals surface area contributed by atoms with Crippen molar-refractivity contribution in [3.05, 3.63) is 51.6 Å². The van der Waals surface area contributed by atoms with Gasteiger partial charge in [-0.05, 0) is 71.1 Å². The molecule has 0 spiro atoms. The molecule has 1 aromatic carbocycles. The molecular formula is C15H17BrN2. The summed E-state index contributed by atoms with van der Waals surface area (Å²) in [5.41, 5.74) is 4.95. The number of hydrogen-bond donors (Lipinski definition) is 1. The molecule has 1 N–H and O–H groups in total. The molecule has 2 nitrogen and oxygen atoms in total. The fourth-order valence-corrected chi connectivity index (χ4v) is 2.27. The minimum atomic E-state index is 0.860. The van der Waals surface area contributed by atoms with Gasteiger partial charge in [0.15, 0.2) is 0 Å². The zero-order valence-corrected chi connectivity index (χ0v) is 12.5. The van der Waals surface area contributed by atoms with Crippen LogP contribution in [-0.4, -0.2) is 4.98 Å². The summed E-state index contributed by atoms with van der Waals surface area (Å²) in [5.74, 6) is 0.860. The molecular weight excluding hydrogens is 288 g/mol. The molecule has 0 aliphatic heterocycles. The van der Waals surface area contributed by atoms with Crippen LogP contribution in [0.15, 0.2) is 34.9 Å². The van der Waals surface area contributed by atoms with Gasteiger partial charge in [0.05, 0.1) is 4.47 Å². The van der Waals surface area contributed by atoms with E-state index in [1.165, 1.54) is 16.7 Å². The molecule has 18 heavy (non-hydrogen) atoms. The van der Waals surface area contributed by atoms with E-state index in [4.69, 9.17) is 0 Å². The number of nitrogens with zero attached hydrogens (tertiary/aromatic N) is 1. The Hall–Kier alpha value is -1.35. The first-order valence-electron chi connectivity index (χ1n) is 6.09. The fraction of sp³-hybridized carbons (Fsp3) is 0.267. The number of benzene rings is 1. The first-order valence-corrected chi connectivity index (χ1v) is 6.88. The maximum absolute atomic E-state index is 4.35. The molecule has 0 atom stereocenters. The van der Waals surface area contributed by atoms with E-state index < -0.39 is 0 Å². The molecule has 0 fully saturated rings. The summed E-state index contributed by atoms with van der Waals surface area (Å²) >= 11 is 3.56. The number of anilines is 2. The molecule has 0 aliphatic carbocycles. The third kappa shape index (κ3) is 2.72. The van der Waals surface area contributed by atoms with Gasteiger partial charge in [-0.1, -0.05) is 13.0 Å². The lowest BCUT2D eigenvalue weighted by Gasteiger charge is -2.11. The number of aromatic nitrogens is 1. The third-order valence-corrected chi connectivity index (χ3v) is 4.07. The molecule has 1 heterocycles. The van der Waals surface area contributed by atoms with Gasteiger partial charge in [0.2, 0.25) is 0 Å². The van der Waals surface area contributed by atoms with Crippen LogP contribution in [0, 0.1) is 13.8 Å². The van der Waals surface area contributed by atoms with Gasteiger partial charge in [-0.25, -0.2) is 4.98 Å². The Kier molecular flexibility index (Phi) is 4.02. The number of nitrogens with one attached hydrogen (secondary N) is 1. The monoisotopic (exact) mass is 304 g/mol. The van der Waals surface area contributed by atoms with E-state index in [1.807, 2.05) is 12.3 Å². The standard InChI is InChI=1S/C15H17BrN2/c1-4-12-5-6-13(9-11(12)3)18-15-14(16)10(2)7-8-17-15/h5-9H,4H2,1-3H3,(H,17,18). The number of aryl methyl sites for hydroxylation is 3. The van der Waals surface area contributed by atoms with Crippen LogP contribution in [0.2, 0.25) is 0 Å². The topological polar surface area (TPSA) is 24.9 Å². The largest absolute Gasteiger partial charge is 0.339 e. The molecule has 0 aliphatic rings. The molecule has 94 valence electrons. The van der Waals surface area contributed by atoms with E-state index in [0.29, 0.717) is 0 Å². The summed E-state index contributed by atoms with van der Waals surface area (Å²) in [6.45, 7) is 6.37. The fourth-order valence-electron chi connectivity index (χ4n) is 1.93. The van der Waals surface area contributed by atoms with E-state index in [1.54, 1.807) is 0 Å². The van der Waals surface area contributed by atoms with Crippen molar-refractivity contribution in [2.75, 3.05) is 5.32 Å². The van der Waals surface area contributed by atoms with Crippen molar-refractivity contribution in [1.29, 1.82) is 0 Å². The molecule has 0 unspecified atom stereocenters. The van der Waals surface area contributed by atoms with Gasteiger partial charge in [-0.2, -0.15) is 0 Å². The van der Waals surface area contributed by atoms with Crippen molar-refractivity contribution in [3.8, 4) is 0 Å². The van der Waals surface area contributed by atoms with E-state index in [0.717, 1.165) is 22.4 Å². The Morgan fingerprint density at radius 2 is 1.94 bits per heavy atom. The lowest BCUT2D eigenvalue weighted by Crippen LogP contribution is -1.97. The van der Waals surface area contributed by atoms with E-state index in [-0.39, 0.29) is 0 Å². The molecule has 0 bridgehead atoms. The van der Waals surface area contributed by atoms with Crippen molar-refractivity contribution in [1.82, 2.24) is 4.98 Å². The van der Waals surface area contributed by atoms with Gasteiger partial charge in [0.1, 0.15) is 5.82 Å². The van der Waals surface area contributed by atoms with E-state index in [9.17, 15) is 0 Å². The quantitative estimate of drug-likeness (QED) is 0.883. The van der Waals surface area contributed by atoms with Crippen LogP contribution in [0.5, 0.6) is 0 Å². The number of rotatable bonds is 3. The van der Waals surface area contributed by atoms with Crippen LogP contribution in [-0.2, 0) is 6.42 Å². The predicted molar refractivity (Wildman–Crippen MR) is 80.5 cm³/mol. The highest BCUT2D eigenvalue weighted by Crippen LogP contribution is 2.27. The van der Waals surface area contributed by atoms with Crippen molar-refractivity contribution in [3.63, 3.8) is 0 Å². The zero-order valence-electron chi connectivity index (χ0n) is 10.9. The smallest absolute Gasteiger partial charge is 0.144 e. The molecule has 0 amide bonds. The summed E-state index contributed by atoms with van der Waals surface area (Å²) in [5, 5.41) is 3.35. The molecule has 2 aromatic rings. The van der Waals surface area contributed by atoms with Gasteiger partial charge in [0.25, 0.3) is 0 Å². The van der Waals surface area contributed by atoms with Gasteiger partial charge in [0, 0.05) is 11.9 Å². The van der Waals surface area contributed by atoms with Crippen LogP contribution in [0.3, 0.4) is 0 Å². The average Bonchev–Trinajstić information content (AvgIpc) is 2.35. The molecule has 3 heteroatoms. The minimum Gasteiger partial charge on any atom is -0.339 e. The maximum atomic E-state index is 4.35. The lowest BCUT2D eigenvalue weighted by atomic mass is 10.1. The van der Waals surface area contributed by atoms with E-state index in [2.05, 4.69) is 65.2 Å². The Morgan fingerprint density at radius 3 is 2.61 bits per heavy atom. The maximum Gasteiger partial charge on any atom is 0.144 e. The number of hydrogen-bond acceptors (Lipinski definition) is 2. The van der Waals surface area contributed by atoms with Gasteiger partial charge < -0.3 is 5.32 Å². The second-order valence-electron chi connectivity index (χ2n) is 4.41. The minimum absolute atomic E-state index is 0.860. The first-order chi connectivity index (χ1) is 8.61.